The highest BCUT2D eigenvalue weighted by atomic mass is 16.5. The third kappa shape index (κ3) is 3.63. The van der Waals surface area contributed by atoms with E-state index in [9.17, 15) is 5.11 Å². The maximum Gasteiger partial charge on any atom is 0.128 e. The van der Waals surface area contributed by atoms with Crippen LogP contribution in [0, 0.1) is 5.92 Å². The van der Waals surface area contributed by atoms with Gasteiger partial charge in [-0.05, 0) is 37.3 Å². The van der Waals surface area contributed by atoms with Crippen LogP contribution in [0.15, 0.2) is 18.2 Å². The minimum atomic E-state index is 0.00799. The summed E-state index contributed by atoms with van der Waals surface area (Å²) in [4.78, 5) is 0. The lowest BCUT2D eigenvalue weighted by atomic mass is 10.2. The van der Waals surface area contributed by atoms with Gasteiger partial charge in [-0.2, -0.15) is 0 Å². The van der Waals surface area contributed by atoms with E-state index in [2.05, 4.69) is 6.92 Å². The Balaban J connectivity index is 2.01. The van der Waals surface area contributed by atoms with E-state index in [1.165, 1.54) is 12.8 Å². The van der Waals surface area contributed by atoms with Gasteiger partial charge < -0.3 is 14.6 Å². The van der Waals surface area contributed by atoms with Gasteiger partial charge in [0.2, 0.25) is 0 Å². The van der Waals surface area contributed by atoms with Crippen molar-refractivity contribution in [2.45, 2.75) is 32.8 Å². The Morgan fingerprint density at radius 2 is 2.12 bits per heavy atom. The SMILES string of the molecule is CCCOc1ccc(CO)c(OCC2CC2)c1. The highest BCUT2D eigenvalue weighted by Gasteiger charge is 2.22. The average molecular weight is 236 g/mol. The lowest BCUT2D eigenvalue weighted by molar-refractivity contribution is 0.255. The van der Waals surface area contributed by atoms with Crippen LogP contribution in [0.3, 0.4) is 0 Å². The summed E-state index contributed by atoms with van der Waals surface area (Å²) in [6.07, 6.45) is 3.51. The van der Waals surface area contributed by atoms with Crippen LogP contribution in [0.25, 0.3) is 0 Å². The molecule has 1 aromatic rings. The molecule has 94 valence electrons. The smallest absolute Gasteiger partial charge is 0.128 e. The van der Waals surface area contributed by atoms with Crippen molar-refractivity contribution >= 4 is 0 Å². The van der Waals surface area contributed by atoms with Gasteiger partial charge in [0.15, 0.2) is 0 Å². The van der Waals surface area contributed by atoms with E-state index in [4.69, 9.17) is 9.47 Å². The van der Waals surface area contributed by atoms with Crippen LogP contribution in [0.4, 0.5) is 0 Å². The summed E-state index contributed by atoms with van der Waals surface area (Å²) in [6.45, 7) is 3.55. The number of rotatable bonds is 7. The average Bonchev–Trinajstić information content (AvgIpc) is 3.18. The van der Waals surface area contributed by atoms with E-state index in [0.717, 1.165) is 30.1 Å². The van der Waals surface area contributed by atoms with Crippen molar-refractivity contribution in [2.75, 3.05) is 13.2 Å². The third-order valence-electron chi connectivity index (χ3n) is 2.85. The van der Waals surface area contributed by atoms with Crippen molar-refractivity contribution in [3.8, 4) is 11.5 Å². The second-order valence-electron chi connectivity index (χ2n) is 4.53. The molecule has 1 aromatic carbocycles. The van der Waals surface area contributed by atoms with Crippen LogP contribution in [0.1, 0.15) is 31.7 Å². The van der Waals surface area contributed by atoms with Gasteiger partial charge in [-0.15, -0.1) is 0 Å². The number of hydrogen-bond donors (Lipinski definition) is 1. The van der Waals surface area contributed by atoms with E-state index in [1.54, 1.807) is 0 Å². The van der Waals surface area contributed by atoms with Crippen LogP contribution in [0.5, 0.6) is 11.5 Å². The predicted octanol–water partition coefficient (Wildman–Crippen LogP) is 2.76. The summed E-state index contributed by atoms with van der Waals surface area (Å²) in [5.74, 6) is 2.28. The first-order valence-electron chi connectivity index (χ1n) is 6.33. The Morgan fingerprint density at radius 3 is 2.76 bits per heavy atom. The molecular weight excluding hydrogens is 216 g/mol. The van der Waals surface area contributed by atoms with Crippen molar-refractivity contribution in [1.82, 2.24) is 0 Å². The summed E-state index contributed by atoms with van der Waals surface area (Å²) in [5, 5.41) is 9.25. The maximum absolute atomic E-state index is 9.25. The Kier molecular flexibility index (Phi) is 4.26. The molecule has 0 amide bonds. The van der Waals surface area contributed by atoms with Crippen LogP contribution in [-0.2, 0) is 6.61 Å². The Bertz CT molecular complexity index is 358. The molecule has 1 aliphatic carbocycles. The lowest BCUT2D eigenvalue weighted by Crippen LogP contribution is -2.03. The topological polar surface area (TPSA) is 38.7 Å². The molecule has 0 bridgehead atoms. The van der Waals surface area contributed by atoms with E-state index < -0.39 is 0 Å². The zero-order valence-electron chi connectivity index (χ0n) is 10.3. The zero-order chi connectivity index (χ0) is 12.1. The van der Waals surface area contributed by atoms with Crippen LogP contribution in [-0.4, -0.2) is 18.3 Å². The molecule has 3 heteroatoms. The summed E-state index contributed by atoms with van der Waals surface area (Å²) in [6, 6.07) is 5.63. The molecule has 3 nitrogen and oxygen atoms in total. The largest absolute Gasteiger partial charge is 0.493 e. The number of aliphatic hydroxyl groups is 1. The van der Waals surface area contributed by atoms with Gasteiger partial charge in [-0.3, -0.25) is 0 Å². The second-order valence-corrected chi connectivity index (χ2v) is 4.53. The summed E-state index contributed by atoms with van der Waals surface area (Å²) in [7, 11) is 0. The lowest BCUT2D eigenvalue weighted by Gasteiger charge is -2.12. The standard InChI is InChI=1S/C14H20O3/c1-2-7-16-13-6-5-12(9-15)14(8-13)17-10-11-3-4-11/h5-6,8,11,15H,2-4,7,9-10H2,1H3. The van der Waals surface area contributed by atoms with Crippen LogP contribution in [0.2, 0.25) is 0 Å². The van der Waals surface area contributed by atoms with E-state index >= 15 is 0 Å². The predicted molar refractivity (Wildman–Crippen MR) is 66.4 cm³/mol. The Morgan fingerprint density at radius 1 is 1.29 bits per heavy atom. The summed E-state index contributed by atoms with van der Waals surface area (Å²) < 4.78 is 11.3. The van der Waals surface area contributed by atoms with Gasteiger partial charge in [-0.25, -0.2) is 0 Å². The van der Waals surface area contributed by atoms with Gasteiger partial charge in [-0.1, -0.05) is 6.92 Å². The number of ether oxygens (including phenoxy) is 2. The molecule has 2 rings (SSSR count). The van der Waals surface area contributed by atoms with Crippen molar-refractivity contribution in [3.05, 3.63) is 23.8 Å². The summed E-state index contributed by atoms with van der Waals surface area (Å²) >= 11 is 0. The van der Waals surface area contributed by atoms with Crippen molar-refractivity contribution in [2.24, 2.45) is 5.92 Å². The first kappa shape index (κ1) is 12.2. The first-order valence-corrected chi connectivity index (χ1v) is 6.33. The van der Waals surface area contributed by atoms with Crippen LogP contribution < -0.4 is 9.47 Å². The second kappa shape index (κ2) is 5.92. The van der Waals surface area contributed by atoms with Crippen molar-refractivity contribution < 1.29 is 14.6 Å². The van der Waals surface area contributed by atoms with Gasteiger partial charge in [0, 0.05) is 11.6 Å². The first-order chi connectivity index (χ1) is 8.33. The van der Waals surface area contributed by atoms with E-state index in [0.29, 0.717) is 12.5 Å². The van der Waals surface area contributed by atoms with E-state index in [-0.39, 0.29) is 6.61 Å². The highest BCUT2D eigenvalue weighted by Crippen LogP contribution is 2.31. The maximum atomic E-state index is 9.25. The number of hydrogen-bond acceptors (Lipinski definition) is 3. The highest BCUT2D eigenvalue weighted by molar-refractivity contribution is 5.40. The molecule has 1 fully saturated rings. The van der Waals surface area contributed by atoms with E-state index in [1.807, 2.05) is 18.2 Å². The molecule has 0 saturated heterocycles. The Hall–Kier alpha value is -1.22. The fraction of sp³-hybridized carbons (Fsp3) is 0.571. The third-order valence-corrected chi connectivity index (χ3v) is 2.85. The quantitative estimate of drug-likeness (QED) is 0.791. The normalized spacial score (nSPS) is 14.7. The molecule has 0 aliphatic heterocycles. The number of benzene rings is 1. The van der Waals surface area contributed by atoms with Gasteiger partial charge in [0.05, 0.1) is 19.8 Å². The Labute approximate surface area is 102 Å². The number of aliphatic hydroxyl groups excluding tert-OH is 1. The minimum Gasteiger partial charge on any atom is -0.493 e. The molecule has 17 heavy (non-hydrogen) atoms. The monoisotopic (exact) mass is 236 g/mol. The fourth-order valence-corrected chi connectivity index (χ4v) is 1.60. The molecule has 0 heterocycles. The van der Waals surface area contributed by atoms with Crippen molar-refractivity contribution in [3.63, 3.8) is 0 Å². The minimum absolute atomic E-state index is 0.00799. The molecular formula is C14H20O3. The molecule has 0 radical (unpaired) electrons. The van der Waals surface area contributed by atoms with Crippen molar-refractivity contribution in [1.29, 1.82) is 0 Å². The summed E-state index contributed by atoms with van der Waals surface area (Å²) in [5.41, 5.74) is 0.828. The fourth-order valence-electron chi connectivity index (χ4n) is 1.60. The molecule has 0 atom stereocenters. The molecule has 1 N–H and O–H groups in total. The van der Waals surface area contributed by atoms with Crippen LogP contribution >= 0.6 is 0 Å². The molecule has 1 saturated carbocycles. The van der Waals surface area contributed by atoms with Gasteiger partial charge >= 0.3 is 0 Å². The molecule has 1 aliphatic rings. The molecule has 0 spiro atoms. The van der Waals surface area contributed by atoms with Gasteiger partial charge in [0.25, 0.3) is 0 Å². The van der Waals surface area contributed by atoms with Gasteiger partial charge in [0.1, 0.15) is 11.5 Å². The molecule has 0 unspecified atom stereocenters. The zero-order valence-corrected chi connectivity index (χ0v) is 10.3. The molecule has 0 aromatic heterocycles.